The van der Waals surface area contributed by atoms with Gasteiger partial charge in [-0.3, -0.25) is 4.98 Å². The molecule has 57 heavy (non-hydrogen) atoms. The van der Waals surface area contributed by atoms with E-state index < -0.39 is 0 Å². The van der Waals surface area contributed by atoms with Crippen molar-refractivity contribution in [2.24, 2.45) is 0 Å². The molecule has 0 spiro atoms. The van der Waals surface area contributed by atoms with E-state index in [1.54, 1.807) is 0 Å². The minimum Gasteiger partial charge on any atom is -0.251 e. The van der Waals surface area contributed by atoms with Crippen LogP contribution >= 0.6 is 0 Å². The van der Waals surface area contributed by atoms with E-state index in [9.17, 15) is 0 Å². The second-order valence-electron chi connectivity index (χ2n) is 14.3. The smallest absolute Gasteiger partial charge is 0.160 e. The molecule has 0 unspecified atom stereocenters. The molecule has 7 aromatic carbocycles. The normalized spacial score (nSPS) is 11.2. The number of aromatic nitrogens is 4. The second kappa shape index (κ2) is 14.6. The molecule has 10 aromatic rings. The average Bonchev–Trinajstić information content (AvgIpc) is 3.29. The third kappa shape index (κ3) is 6.75. The molecule has 0 aliphatic heterocycles. The van der Waals surface area contributed by atoms with Gasteiger partial charge in [0, 0.05) is 38.7 Å². The van der Waals surface area contributed by atoms with Crippen LogP contribution < -0.4 is 0 Å². The number of benzene rings is 7. The van der Waals surface area contributed by atoms with Gasteiger partial charge in [-0.25, -0.2) is 15.0 Å². The molecular formula is C53H36N4. The zero-order valence-electron chi connectivity index (χ0n) is 31.3. The highest BCUT2D eigenvalue weighted by molar-refractivity contribution is 6.09. The van der Waals surface area contributed by atoms with Crippen LogP contribution in [-0.2, 0) is 0 Å². The number of fused-ring (bicyclic) bond motifs is 3. The molecule has 0 saturated heterocycles. The fraction of sp³-hybridized carbons (Fsp3) is 0.0189. The Kier molecular flexibility index (Phi) is 8.69. The van der Waals surface area contributed by atoms with Crippen molar-refractivity contribution in [3.63, 3.8) is 0 Å². The minimum absolute atomic E-state index is 0.693. The fourth-order valence-electron chi connectivity index (χ4n) is 7.59. The number of pyridine rings is 2. The third-order valence-corrected chi connectivity index (χ3v) is 10.6. The van der Waals surface area contributed by atoms with E-state index in [1.807, 2.05) is 37.3 Å². The molecule has 0 N–H and O–H groups in total. The van der Waals surface area contributed by atoms with Crippen LogP contribution in [0.15, 0.2) is 200 Å². The van der Waals surface area contributed by atoms with Gasteiger partial charge in [0.25, 0.3) is 0 Å². The summed E-state index contributed by atoms with van der Waals surface area (Å²) in [5.41, 5.74) is 16.4. The first-order valence-corrected chi connectivity index (χ1v) is 19.2. The Morgan fingerprint density at radius 2 is 0.789 bits per heavy atom. The van der Waals surface area contributed by atoms with E-state index >= 15 is 0 Å². The summed E-state index contributed by atoms with van der Waals surface area (Å²) in [6.07, 6.45) is 0. The number of hydrogen-bond acceptors (Lipinski definition) is 4. The largest absolute Gasteiger partial charge is 0.251 e. The molecule has 3 heterocycles. The lowest BCUT2D eigenvalue weighted by molar-refractivity contribution is 1.18. The predicted octanol–water partition coefficient (Wildman–Crippen LogP) is 13.6. The summed E-state index contributed by atoms with van der Waals surface area (Å²) >= 11 is 0. The molecule has 268 valence electrons. The molecule has 0 amide bonds. The van der Waals surface area contributed by atoms with Crippen molar-refractivity contribution in [1.82, 2.24) is 19.9 Å². The molecule has 0 radical (unpaired) electrons. The van der Waals surface area contributed by atoms with E-state index in [-0.39, 0.29) is 0 Å². The van der Waals surface area contributed by atoms with Crippen LogP contribution in [0.25, 0.3) is 100 Å². The van der Waals surface area contributed by atoms with Gasteiger partial charge >= 0.3 is 0 Å². The molecule has 0 aliphatic rings. The van der Waals surface area contributed by atoms with Crippen molar-refractivity contribution in [1.29, 1.82) is 0 Å². The summed E-state index contributed by atoms with van der Waals surface area (Å²) in [5, 5.41) is 2.16. The van der Waals surface area contributed by atoms with Crippen LogP contribution in [0.5, 0.6) is 0 Å². The van der Waals surface area contributed by atoms with Crippen LogP contribution in [-0.4, -0.2) is 19.9 Å². The number of aryl methyl sites for hydroxylation is 1. The summed E-state index contributed by atoms with van der Waals surface area (Å²) in [4.78, 5) is 20.4. The summed E-state index contributed by atoms with van der Waals surface area (Å²) in [6, 6.07) is 70.0. The van der Waals surface area contributed by atoms with Gasteiger partial charge in [0.15, 0.2) is 5.82 Å². The van der Waals surface area contributed by atoms with E-state index in [1.165, 1.54) is 5.56 Å². The molecule has 0 aliphatic carbocycles. The Morgan fingerprint density at radius 3 is 1.46 bits per heavy atom. The maximum absolute atomic E-state index is 5.20. The minimum atomic E-state index is 0.693. The highest BCUT2D eigenvalue weighted by Gasteiger charge is 2.15. The standard InChI is InChI=1S/C53H36N4/c1-35-20-21-42-30-31-46-47(33-48(40-14-7-3-8-15-40)55-52(46)51(42)54-35)39-26-22-38(23-27-39)44-18-11-19-45(32-44)50-34-49(41-16-9-4-10-17-41)56-53(57-50)43-28-24-37(25-29-43)36-12-5-2-6-13-36/h2-34H,1H3. The van der Waals surface area contributed by atoms with E-state index in [0.717, 1.165) is 94.7 Å². The summed E-state index contributed by atoms with van der Waals surface area (Å²) in [5.74, 6) is 0.693. The number of rotatable bonds is 7. The Labute approximate surface area is 331 Å². The van der Waals surface area contributed by atoms with E-state index in [4.69, 9.17) is 19.9 Å². The third-order valence-electron chi connectivity index (χ3n) is 10.6. The summed E-state index contributed by atoms with van der Waals surface area (Å²) in [6.45, 7) is 2.03. The van der Waals surface area contributed by atoms with Crippen molar-refractivity contribution in [2.45, 2.75) is 6.92 Å². The summed E-state index contributed by atoms with van der Waals surface area (Å²) < 4.78 is 0. The molecular weight excluding hydrogens is 693 g/mol. The van der Waals surface area contributed by atoms with Gasteiger partial charge in [0.05, 0.1) is 28.1 Å². The zero-order valence-corrected chi connectivity index (χ0v) is 31.3. The fourth-order valence-corrected chi connectivity index (χ4v) is 7.59. The first-order chi connectivity index (χ1) is 28.1. The quantitative estimate of drug-likeness (QED) is 0.153. The number of hydrogen-bond donors (Lipinski definition) is 0. The maximum atomic E-state index is 5.20. The van der Waals surface area contributed by atoms with Crippen LogP contribution in [0, 0.1) is 6.92 Å². The molecule has 0 saturated carbocycles. The van der Waals surface area contributed by atoms with E-state index in [2.05, 4.69) is 170 Å². The molecule has 4 heteroatoms. The molecule has 0 bridgehead atoms. The average molecular weight is 729 g/mol. The van der Waals surface area contributed by atoms with Crippen molar-refractivity contribution >= 4 is 21.8 Å². The second-order valence-corrected chi connectivity index (χ2v) is 14.3. The molecule has 4 nitrogen and oxygen atoms in total. The zero-order chi connectivity index (χ0) is 38.1. The highest BCUT2D eigenvalue weighted by atomic mass is 14.9. The molecule has 0 atom stereocenters. The highest BCUT2D eigenvalue weighted by Crippen LogP contribution is 2.37. The first kappa shape index (κ1) is 34.0. The van der Waals surface area contributed by atoms with Crippen molar-refractivity contribution < 1.29 is 0 Å². The van der Waals surface area contributed by atoms with Gasteiger partial charge in [-0.15, -0.1) is 0 Å². The van der Waals surface area contributed by atoms with Gasteiger partial charge in [-0.05, 0) is 64.6 Å². The van der Waals surface area contributed by atoms with Gasteiger partial charge in [0.2, 0.25) is 0 Å². The Balaban J connectivity index is 1.03. The van der Waals surface area contributed by atoms with Gasteiger partial charge in [-0.2, -0.15) is 0 Å². The van der Waals surface area contributed by atoms with Crippen LogP contribution in [0.4, 0.5) is 0 Å². The van der Waals surface area contributed by atoms with E-state index in [0.29, 0.717) is 5.82 Å². The molecule has 0 fully saturated rings. The SMILES string of the molecule is Cc1ccc2ccc3c(-c4ccc(-c5cccc(-c6cc(-c7ccccc7)nc(-c7ccc(-c8ccccc8)cc7)n6)c5)cc4)cc(-c4ccccc4)nc3c2n1. The lowest BCUT2D eigenvalue weighted by atomic mass is 9.94. The van der Waals surface area contributed by atoms with Gasteiger partial charge < -0.3 is 0 Å². The topological polar surface area (TPSA) is 51.6 Å². The molecule has 3 aromatic heterocycles. The van der Waals surface area contributed by atoms with Gasteiger partial charge in [-0.1, -0.05) is 176 Å². The predicted molar refractivity (Wildman–Crippen MR) is 235 cm³/mol. The monoisotopic (exact) mass is 728 g/mol. The van der Waals surface area contributed by atoms with Gasteiger partial charge in [0.1, 0.15) is 0 Å². The lowest BCUT2D eigenvalue weighted by Crippen LogP contribution is -1.96. The van der Waals surface area contributed by atoms with Crippen molar-refractivity contribution in [2.75, 3.05) is 0 Å². The maximum Gasteiger partial charge on any atom is 0.160 e. The van der Waals surface area contributed by atoms with Crippen molar-refractivity contribution in [3.8, 4) is 78.5 Å². The van der Waals surface area contributed by atoms with Crippen molar-refractivity contribution in [3.05, 3.63) is 206 Å². The van der Waals surface area contributed by atoms with Crippen LogP contribution in [0.3, 0.4) is 0 Å². The van der Waals surface area contributed by atoms with Crippen LogP contribution in [0.1, 0.15) is 5.69 Å². The molecule has 10 rings (SSSR count). The Bertz CT molecular complexity index is 3030. The Hall–Kier alpha value is -7.56. The first-order valence-electron chi connectivity index (χ1n) is 19.2. The number of nitrogens with zero attached hydrogens (tertiary/aromatic N) is 4. The Morgan fingerprint density at radius 1 is 0.298 bits per heavy atom. The van der Waals surface area contributed by atoms with Crippen LogP contribution in [0.2, 0.25) is 0 Å². The summed E-state index contributed by atoms with van der Waals surface area (Å²) in [7, 11) is 0. The lowest BCUT2D eigenvalue weighted by Gasteiger charge is -2.13.